The van der Waals surface area contributed by atoms with E-state index in [1.165, 1.54) is 19.2 Å². The van der Waals surface area contributed by atoms with Gasteiger partial charge in [-0.15, -0.1) is 0 Å². The highest BCUT2D eigenvalue weighted by Gasteiger charge is 2.56. The molecule has 4 heterocycles. The maximum absolute atomic E-state index is 13.9. The smallest absolute Gasteiger partial charge is 0.301 e. The van der Waals surface area contributed by atoms with Crippen LogP contribution in [0.4, 0.5) is 5.69 Å². The number of rotatable bonds is 16. The predicted octanol–water partition coefficient (Wildman–Crippen LogP) is 5.50. The van der Waals surface area contributed by atoms with E-state index in [-0.39, 0.29) is 46.1 Å². The van der Waals surface area contributed by atoms with Crippen LogP contribution in [-0.4, -0.2) is 83.0 Å². The molecule has 0 aromatic heterocycles. The monoisotopic (exact) mass is 814 g/mol. The van der Waals surface area contributed by atoms with E-state index in [4.69, 9.17) is 37.9 Å². The van der Waals surface area contributed by atoms with Crippen molar-refractivity contribution in [2.75, 3.05) is 26.9 Å². The zero-order valence-electron chi connectivity index (χ0n) is 32.1. The van der Waals surface area contributed by atoms with Crippen molar-refractivity contribution in [3.05, 3.63) is 142 Å². The number of para-hydroxylation sites is 1. The normalized spacial score (nSPS) is 27.3. The summed E-state index contributed by atoms with van der Waals surface area (Å²) in [6, 6.07) is 32.8. The average molecular weight is 815 g/mol. The molecular weight excluding hydrogens is 769 g/mol. The van der Waals surface area contributed by atoms with Crippen LogP contribution in [0, 0.1) is 27.4 Å². The fourth-order valence-electron chi connectivity index (χ4n) is 6.93. The number of hydrogen-bond acceptors (Lipinski definition) is 12. The van der Waals surface area contributed by atoms with E-state index < -0.39 is 73.7 Å². The van der Waals surface area contributed by atoms with Gasteiger partial charge in [0.25, 0.3) is 5.69 Å². The Balaban J connectivity index is 1.21. The number of ether oxygens (including phenoxy) is 8. The zero-order valence-corrected chi connectivity index (χ0v) is 33.0. The molecule has 58 heavy (non-hydrogen) atoms. The molecule has 4 fully saturated rings. The number of nitro groups is 1. The van der Waals surface area contributed by atoms with Crippen molar-refractivity contribution in [2.45, 2.75) is 80.8 Å². The van der Waals surface area contributed by atoms with E-state index in [1.54, 1.807) is 0 Å². The molecule has 306 valence electrons. The topological polar surface area (TPSA) is 163 Å². The van der Waals surface area contributed by atoms with Crippen LogP contribution in [0.1, 0.15) is 30.0 Å². The third kappa shape index (κ3) is 9.82. The van der Waals surface area contributed by atoms with Crippen molar-refractivity contribution in [3.63, 3.8) is 0 Å². The molecule has 1 N–H and O–H groups in total. The number of benzene rings is 4. The Labute approximate surface area is 337 Å². The van der Waals surface area contributed by atoms with Crippen LogP contribution in [0.2, 0.25) is 0 Å². The minimum Gasteiger partial charge on any atom is -0.368 e. The van der Waals surface area contributed by atoms with E-state index in [0.29, 0.717) is 0 Å². The molecule has 4 aromatic carbocycles. The van der Waals surface area contributed by atoms with Crippen LogP contribution in [0.15, 0.2) is 120 Å². The highest BCUT2D eigenvalue weighted by Crippen LogP contribution is 2.41. The quantitative estimate of drug-likeness (QED) is 0.0860. The van der Waals surface area contributed by atoms with Gasteiger partial charge in [0, 0.05) is 25.0 Å². The predicted molar refractivity (Wildman–Crippen MR) is 209 cm³/mol. The number of hydrogen-bond donors (Lipinski definition) is 1. The molecule has 15 heteroatoms. The third-order valence-electron chi connectivity index (χ3n) is 10.1. The molecule has 4 aliphatic heterocycles. The first-order valence-electron chi connectivity index (χ1n) is 18.9. The van der Waals surface area contributed by atoms with Crippen molar-refractivity contribution in [1.29, 1.82) is 0 Å². The fraction of sp³-hybridized carbons (Fsp3) is 0.395. The lowest BCUT2D eigenvalue weighted by Gasteiger charge is -2.52. The summed E-state index contributed by atoms with van der Waals surface area (Å²) in [5.74, 6) is 4.39. The molecule has 6 atom stereocenters. The first kappa shape index (κ1) is 41.6. The number of fused-ring (bicyclic) bond motifs is 3. The molecule has 4 aromatic rings. The first-order valence-corrected chi connectivity index (χ1v) is 20.4. The molecular formula is C43H46N2O12S. The Kier molecular flexibility index (Phi) is 13.3. The SMILES string of the molecule is CO[C@H]1O[C@H](C#CC[C@H](NS(=O)(=O)c2ccccc2[N+](=O)[O-])C23OCC(C)(CO2)CO3)[C@@H](OCc2ccccc2)[C@H](OCc2ccccc2)[C@H]1OCc1ccccc1. The van der Waals surface area contributed by atoms with Crippen LogP contribution >= 0.6 is 0 Å². The molecule has 14 nitrogen and oxygen atoms in total. The number of nitro benzene ring substituents is 1. The lowest BCUT2D eigenvalue weighted by molar-refractivity contribution is -0.472. The van der Waals surface area contributed by atoms with Gasteiger partial charge >= 0.3 is 5.97 Å². The van der Waals surface area contributed by atoms with Crippen molar-refractivity contribution >= 4 is 15.7 Å². The Hall–Kier alpha value is -4.57. The van der Waals surface area contributed by atoms with Gasteiger partial charge in [-0.25, -0.2) is 8.42 Å². The Bertz CT molecular complexity index is 2120. The lowest BCUT2D eigenvalue weighted by Crippen LogP contribution is -2.67. The molecule has 8 rings (SSSR count). The standard InChI is InChI=1S/C43H46N2O12S/c1-42-28-54-43(55-29-42,56-30-42)37(44-58(48,49)36-23-13-12-21-34(36)45(46)47)24-14-22-35-38(51-25-31-15-6-3-7-16-31)39(52-26-32-17-8-4-9-18-32)40(41(50-2)57-35)53-27-33-19-10-5-11-20-33/h3-13,15-21,23,35,37-41,44H,24-30H2,1-2H3/t35-,37+,38-,39+,40-,41+,42?,43?/m1/s1. The molecule has 4 saturated heterocycles. The van der Waals surface area contributed by atoms with Crippen molar-refractivity contribution < 1.29 is 51.2 Å². The first-order chi connectivity index (χ1) is 28.1. The van der Waals surface area contributed by atoms with E-state index in [0.717, 1.165) is 28.8 Å². The van der Waals surface area contributed by atoms with Crippen molar-refractivity contribution in [2.24, 2.45) is 5.41 Å². The van der Waals surface area contributed by atoms with E-state index in [1.807, 2.05) is 97.9 Å². The zero-order chi connectivity index (χ0) is 40.6. The van der Waals surface area contributed by atoms with Crippen LogP contribution in [0.5, 0.6) is 0 Å². The molecule has 0 aliphatic carbocycles. The van der Waals surface area contributed by atoms with Gasteiger partial charge in [-0.3, -0.25) is 10.1 Å². The average Bonchev–Trinajstić information content (AvgIpc) is 3.25. The highest BCUT2D eigenvalue weighted by atomic mass is 32.2. The maximum atomic E-state index is 13.9. The van der Waals surface area contributed by atoms with Gasteiger partial charge in [0.1, 0.15) is 30.5 Å². The second-order valence-corrected chi connectivity index (χ2v) is 16.3. The van der Waals surface area contributed by atoms with E-state index >= 15 is 0 Å². The third-order valence-corrected chi connectivity index (χ3v) is 11.6. The fourth-order valence-corrected chi connectivity index (χ4v) is 8.33. The minimum atomic E-state index is -4.54. The molecule has 0 saturated carbocycles. The van der Waals surface area contributed by atoms with Crippen LogP contribution in [0.3, 0.4) is 0 Å². The Morgan fingerprint density at radius 1 is 0.759 bits per heavy atom. The molecule has 0 amide bonds. The van der Waals surface area contributed by atoms with Gasteiger partial charge in [0.2, 0.25) is 10.0 Å². The minimum absolute atomic E-state index is 0.191. The van der Waals surface area contributed by atoms with E-state index in [9.17, 15) is 18.5 Å². The summed E-state index contributed by atoms with van der Waals surface area (Å²) in [5, 5.41) is 11.8. The number of nitrogens with one attached hydrogen (secondary N) is 1. The largest absolute Gasteiger partial charge is 0.368 e. The summed E-state index contributed by atoms with van der Waals surface area (Å²) in [5.41, 5.74) is 1.75. The molecule has 2 bridgehead atoms. The second-order valence-electron chi connectivity index (χ2n) is 14.6. The van der Waals surface area contributed by atoms with Gasteiger partial charge in [0.05, 0.1) is 44.6 Å². The maximum Gasteiger partial charge on any atom is 0.301 e. The van der Waals surface area contributed by atoms with Gasteiger partial charge in [-0.1, -0.05) is 122 Å². The summed E-state index contributed by atoms with van der Waals surface area (Å²) in [4.78, 5) is 10.6. The number of sulfonamides is 1. The summed E-state index contributed by atoms with van der Waals surface area (Å²) in [7, 11) is -3.03. The summed E-state index contributed by atoms with van der Waals surface area (Å²) >= 11 is 0. The van der Waals surface area contributed by atoms with Crippen molar-refractivity contribution in [3.8, 4) is 11.8 Å². The Morgan fingerprint density at radius 2 is 1.24 bits per heavy atom. The number of nitrogens with zero attached hydrogens (tertiary/aromatic N) is 1. The van der Waals surface area contributed by atoms with Gasteiger partial charge < -0.3 is 37.9 Å². The molecule has 0 unspecified atom stereocenters. The van der Waals surface area contributed by atoms with Crippen molar-refractivity contribution in [1.82, 2.24) is 4.72 Å². The van der Waals surface area contributed by atoms with Gasteiger partial charge in [0.15, 0.2) is 11.2 Å². The molecule has 4 aliphatic rings. The van der Waals surface area contributed by atoms with Gasteiger partial charge in [-0.05, 0) is 22.8 Å². The van der Waals surface area contributed by atoms with Crippen LogP contribution in [-0.2, 0) is 67.7 Å². The summed E-state index contributed by atoms with van der Waals surface area (Å²) < 4.78 is 80.7. The number of methoxy groups -OCH3 is 1. The Morgan fingerprint density at radius 3 is 1.76 bits per heavy atom. The van der Waals surface area contributed by atoms with Gasteiger partial charge in [-0.2, -0.15) is 4.72 Å². The summed E-state index contributed by atoms with van der Waals surface area (Å²) in [6.45, 7) is 3.27. The summed E-state index contributed by atoms with van der Waals surface area (Å²) in [6.07, 6.45) is -4.50. The van der Waals surface area contributed by atoms with Crippen LogP contribution in [0.25, 0.3) is 0 Å². The molecule has 0 radical (unpaired) electrons. The highest BCUT2D eigenvalue weighted by molar-refractivity contribution is 7.89. The van der Waals surface area contributed by atoms with E-state index in [2.05, 4.69) is 16.6 Å². The molecule has 0 spiro atoms. The lowest BCUT2D eigenvalue weighted by atomic mass is 9.91. The second kappa shape index (κ2) is 18.6. The van der Waals surface area contributed by atoms with Crippen LogP contribution < -0.4 is 4.72 Å².